The SMILES string of the molecule is CC[C@@H](CNC(=O)OC(C)(C)C)OS(C)(=O)=O. The van der Waals surface area contributed by atoms with Gasteiger partial charge in [0, 0.05) is 6.54 Å². The zero-order chi connectivity index (χ0) is 13.7. The van der Waals surface area contributed by atoms with E-state index in [9.17, 15) is 13.2 Å². The normalized spacial score (nSPS) is 14.2. The Balaban J connectivity index is 4.12. The van der Waals surface area contributed by atoms with E-state index in [4.69, 9.17) is 8.92 Å². The summed E-state index contributed by atoms with van der Waals surface area (Å²) in [7, 11) is -3.51. The number of carbonyl (C=O) groups excluding carboxylic acids is 1. The first-order chi connectivity index (χ1) is 7.53. The molecule has 0 aromatic heterocycles. The minimum Gasteiger partial charge on any atom is -0.444 e. The van der Waals surface area contributed by atoms with Crippen LogP contribution in [0, 0.1) is 0 Å². The van der Waals surface area contributed by atoms with Crippen LogP contribution < -0.4 is 5.32 Å². The highest BCUT2D eigenvalue weighted by Gasteiger charge is 2.18. The molecule has 0 saturated carbocycles. The number of carbonyl (C=O) groups is 1. The van der Waals surface area contributed by atoms with Crippen LogP contribution in [0.25, 0.3) is 0 Å². The smallest absolute Gasteiger partial charge is 0.407 e. The van der Waals surface area contributed by atoms with Gasteiger partial charge in [0.2, 0.25) is 0 Å². The van der Waals surface area contributed by atoms with Gasteiger partial charge in [0.25, 0.3) is 10.1 Å². The fourth-order valence-electron chi connectivity index (χ4n) is 1.00. The van der Waals surface area contributed by atoms with Crippen molar-refractivity contribution in [2.75, 3.05) is 12.8 Å². The number of amides is 1. The predicted molar refractivity (Wildman–Crippen MR) is 64.2 cm³/mol. The molecule has 0 aliphatic heterocycles. The molecule has 0 radical (unpaired) electrons. The molecule has 0 fully saturated rings. The van der Waals surface area contributed by atoms with Gasteiger partial charge in [-0.25, -0.2) is 4.79 Å². The lowest BCUT2D eigenvalue weighted by Crippen LogP contribution is -2.38. The zero-order valence-electron chi connectivity index (χ0n) is 10.9. The maximum atomic E-state index is 11.3. The number of hydrogen-bond acceptors (Lipinski definition) is 5. The summed E-state index contributed by atoms with van der Waals surface area (Å²) in [4.78, 5) is 11.3. The number of alkyl carbamates (subject to hydrolysis) is 1. The van der Waals surface area contributed by atoms with Crippen molar-refractivity contribution in [1.82, 2.24) is 5.32 Å². The molecule has 0 bridgehead atoms. The second-order valence-electron chi connectivity index (χ2n) is 4.71. The van der Waals surface area contributed by atoms with Gasteiger partial charge in [-0.3, -0.25) is 4.18 Å². The molecule has 0 aliphatic carbocycles. The summed E-state index contributed by atoms with van der Waals surface area (Å²) < 4.78 is 31.6. The van der Waals surface area contributed by atoms with E-state index in [0.717, 1.165) is 6.26 Å². The lowest BCUT2D eigenvalue weighted by Gasteiger charge is -2.21. The highest BCUT2D eigenvalue weighted by Crippen LogP contribution is 2.07. The summed E-state index contributed by atoms with van der Waals surface area (Å²) in [6.45, 7) is 7.11. The third kappa shape index (κ3) is 10.1. The predicted octanol–water partition coefficient (Wildman–Crippen LogP) is 1.27. The van der Waals surface area contributed by atoms with Crippen LogP contribution >= 0.6 is 0 Å². The third-order valence-electron chi connectivity index (χ3n) is 1.64. The average molecular weight is 267 g/mol. The molecule has 1 N–H and O–H groups in total. The Bertz CT molecular complexity index is 344. The molecule has 0 aromatic carbocycles. The minimum atomic E-state index is -3.51. The number of nitrogens with one attached hydrogen (secondary N) is 1. The summed E-state index contributed by atoms with van der Waals surface area (Å²) in [6, 6.07) is 0. The lowest BCUT2D eigenvalue weighted by atomic mass is 10.2. The molecule has 1 atom stereocenters. The van der Waals surface area contributed by atoms with Crippen LogP contribution in [0.2, 0.25) is 0 Å². The third-order valence-corrected chi connectivity index (χ3v) is 2.26. The standard InChI is InChI=1S/C10H21NO5S/c1-6-8(16-17(5,13)14)7-11-9(12)15-10(2,3)4/h8H,6-7H2,1-5H3,(H,11,12)/t8-/m0/s1. The van der Waals surface area contributed by atoms with Gasteiger partial charge in [0.05, 0.1) is 12.4 Å². The Kier molecular flexibility index (Phi) is 5.91. The van der Waals surface area contributed by atoms with Crippen molar-refractivity contribution >= 4 is 16.2 Å². The molecule has 6 nitrogen and oxygen atoms in total. The molecule has 0 unspecified atom stereocenters. The lowest BCUT2D eigenvalue weighted by molar-refractivity contribution is 0.0501. The van der Waals surface area contributed by atoms with Gasteiger partial charge in [-0.05, 0) is 27.2 Å². The Labute approximate surface area is 103 Å². The van der Waals surface area contributed by atoms with Gasteiger partial charge in [0.1, 0.15) is 5.60 Å². The van der Waals surface area contributed by atoms with Crippen LogP contribution in [-0.4, -0.2) is 39.0 Å². The van der Waals surface area contributed by atoms with Crippen molar-refractivity contribution in [3.05, 3.63) is 0 Å². The molecule has 1 amide bonds. The van der Waals surface area contributed by atoms with E-state index in [1.807, 2.05) is 0 Å². The minimum absolute atomic E-state index is 0.0957. The molecule has 0 aromatic rings. The largest absolute Gasteiger partial charge is 0.444 e. The molecule has 7 heteroatoms. The molecule has 0 heterocycles. The van der Waals surface area contributed by atoms with Gasteiger partial charge in [-0.15, -0.1) is 0 Å². The van der Waals surface area contributed by atoms with Gasteiger partial charge < -0.3 is 10.1 Å². The summed E-state index contributed by atoms with van der Waals surface area (Å²) >= 11 is 0. The Hall–Kier alpha value is -0.820. The van der Waals surface area contributed by atoms with Crippen LogP contribution in [-0.2, 0) is 19.0 Å². The molecule has 0 spiro atoms. The summed E-state index contributed by atoms with van der Waals surface area (Å²) in [5.74, 6) is 0. The molecule has 17 heavy (non-hydrogen) atoms. The van der Waals surface area contributed by atoms with Crippen molar-refractivity contribution in [1.29, 1.82) is 0 Å². The molecular formula is C10H21NO5S. The van der Waals surface area contributed by atoms with Crippen molar-refractivity contribution in [2.24, 2.45) is 0 Å². The van der Waals surface area contributed by atoms with Crippen LogP contribution in [0.4, 0.5) is 4.79 Å². The Morgan fingerprint density at radius 2 is 1.88 bits per heavy atom. The summed E-state index contributed by atoms with van der Waals surface area (Å²) in [5, 5.41) is 2.46. The van der Waals surface area contributed by atoms with Crippen LogP contribution in [0.1, 0.15) is 34.1 Å². The van der Waals surface area contributed by atoms with E-state index < -0.39 is 27.9 Å². The second-order valence-corrected chi connectivity index (χ2v) is 6.31. The highest BCUT2D eigenvalue weighted by molar-refractivity contribution is 7.86. The molecular weight excluding hydrogens is 246 g/mol. The van der Waals surface area contributed by atoms with Gasteiger partial charge in [0.15, 0.2) is 0 Å². The summed E-state index contributed by atoms with van der Waals surface area (Å²) in [5.41, 5.74) is -0.580. The van der Waals surface area contributed by atoms with Crippen LogP contribution in [0.15, 0.2) is 0 Å². The topological polar surface area (TPSA) is 81.7 Å². The van der Waals surface area contributed by atoms with Crippen molar-refractivity contribution in [2.45, 2.75) is 45.8 Å². The highest BCUT2D eigenvalue weighted by atomic mass is 32.2. The first-order valence-corrected chi connectivity index (χ1v) is 7.20. The monoisotopic (exact) mass is 267 g/mol. The maximum absolute atomic E-state index is 11.3. The number of ether oxygens (including phenoxy) is 1. The van der Waals surface area contributed by atoms with E-state index in [2.05, 4.69) is 5.32 Å². The molecule has 102 valence electrons. The van der Waals surface area contributed by atoms with E-state index >= 15 is 0 Å². The second kappa shape index (κ2) is 6.20. The quantitative estimate of drug-likeness (QED) is 0.758. The zero-order valence-corrected chi connectivity index (χ0v) is 11.8. The van der Waals surface area contributed by atoms with Gasteiger partial charge in [-0.2, -0.15) is 8.42 Å². The fourth-order valence-corrected chi connectivity index (χ4v) is 1.70. The average Bonchev–Trinajstić information content (AvgIpc) is 2.07. The number of rotatable bonds is 5. The van der Waals surface area contributed by atoms with Crippen molar-refractivity contribution in [3.8, 4) is 0 Å². The van der Waals surface area contributed by atoms with Gasteiger partial charge >= 0.3 is 6.09 Å². The molecule has 0 rings (SSSR count). The van der Waals surface area contributed by atoms with E-state index in [-0.39, 0.29) is 6.54 Å². The Morgan fingerprint density at radius 3 is 2.24 bits per heavy atom. The molecule has 0 aliphatic rings. The van der Waals surface area contributed by atoms with Crippen LogP contribution in [0.5, 0.6) is 0 Å². The Morgan fingerprint density at radius 1 is 1.35 bits per heavy atom. The summed E-state index contributed by atoms with van der Waals surface area (Å²) in [6.07, 6.45) is 0.289. The fraction of sp³-hybridized carbons (Fsp3) is 0.900. The van der Waals surface area contributed by atoms with Crippen molar-refractivity contribution in [3.63, 3.8) is 0 Å². The molecule has 0 saturated heterocycles. The maximum Gasteiger partial charge on any atom is 0.407 e. The van der Waals surface area contributed by atoms with E-state index in [1.54, 1.807) is 27.7 Å². The van der Waals surface area contributed by atoms with E-state index in [0.29, 0.717) is 6.42 Å². The number of hydrogen-bond donors (Lipinski definition) is 1. The van der Waals surface area contributed by atoms with E-state index in [1.165, 1.54) is 0 Å². The first-order valence-electron chi connectivity index (χ1n) is 5.38. The van der Waals surface area contributed by atoms with Crippen molar-refractivity contribution < 1.29 is 22.1 Å². The first kappa shape index (κ1) is 16.2. The van der Waals surface area contributed by atoms with Crippen LogP contribution in [0.3, 0.4) is 0 Å². The van der Waals surface area contributed by atoms with Gasteiger partial charge in [-0.1, -0.05) is 6.92 Å².